The number of methoxy groups -OCH3 is 1. The number of nitrogens with one attached hydrogen (secondary N) is 2. The van der Waals surface area contributed by atoms with Crippen LogP contribution in [0.15, 0.2) is 68.4 Å². The van der Waals surface area contributed by atoms with Gasteiger partial charge in [0.1, 0.15) is 34.8 Å². The summed E-state index contributed by atoms with van der Waals surface area (Å²) >= 11 is 0. The number of anilines is 1. The second-order valence-corrected chi connectivity index (χ2v) is 11.2. The molecule has 0 bridgehead atoms. The lowest BCUT2D eigenvalue weighted by molar-refractivity contribution is -0.122. The zero-order chi connectivity index (χ0) is 33.2. The van der Waals surface area contributed by atoms with Crippen LogP contribution in [0.5, 0.6) is 0 Å². The molecule has 0 spiro atoms. The third-order valence-electron chi connectivity index (χ3n) is 7.12. The van der Waals surface area contributed by atoms with E-state index in [0.717, 1.165) is 11.7 Å². The number of nitrogens with zero attached hydrogens (tertiary/aromatic N) is 5. The van der Waals surface area contributed by atoms with Crippen molar-refractivity contribution >= 4 is 34.6 Å². The molecule has 15 heteroatoms. The molecule has 0 aliphatic rings. The van der Waals surface area contributed by atoms with Gasteiger partial charge in [-0.15, -0.1) is 10.2 Å². The molecule has 1 unspecified atom stereocenters. The molecule has 2 N–H and O–H groups in total. The zero-order valence-electron chi connectivity index (χ0n) is 25.5. The van der Waals surface area contributed by atoms with Crippen LogP contribution in [0.2, 0.25) is 0 Å². The Labute approximate surface area is 261 Å². The highest BCUT2D eigenvalue weighted by atomic mass is 19.1. The molecule has 0 saturated carbocycles. The number of carbonyl (C=O) groups excluding carboxylic acids is 3. The predicted molar refractivity (Wildman–Crippen MR) is 161 cm³/mol. The highest BCUT2D eigenvalue weighted by Gasteiger charge is 2.37. The van der Waals surface area contributed by atoms with Gasteiger partial charge in [-0.25, -0.2) is 19.2 Å². The maximum atomic E-state index is 13.7. The third-order valence-corrected chi connectivity index (χ3v) is 7.12. The summed E-state index contributed by atoms with van der Waals surface area (Å²) in [7, 11) is 1.14. The first-order valence-electron chi connectivity index (χ1n) is 14.1. The summed E-state index contributed by atoms with van der Waals surface area (Å²) in [5.74, 6) is -2.29. The number of oxazole rings is 1. The fourth-order valence-corrected chi connectivity index (χ4v) is 4.57. The summed E-state index contributed by atoms with van der Waals surface area (Å²) in [4.78, 5) is 60.8. The number of aromatic nitrogens is 5. The van der Waals surface area contributed by atoms with Crippen LogP contribution in [0.4, 0.5) is 14.9 Å². The van der Waals surface area contributed by atoms with Crippen LogP contribution >= 0.6 is 0 Å². The SMILES string of the molecule is COC(=O)Nc1cnc(-c2ccccc2)n(CC(=O)NC(C(=O)c2nnc(C(C)(C)c3nc4ccc(F)cc4o3)o2)C(C)C)c1=O. The summed E-state index contributed by atoms with van der Waals surface area (Å²) in [5, 5.41) is 12.9. The highest BCUT2D eigenvalue weighted by Crippen LogP contribution is 2.32. The molecule has 14 nitrogen and oxygen atoms in total. The van der Waals surface area contributed by atoms with Gasteiger partial charge in [0.15, 0.2) is 5.58 Å². The first-order valence-corrected chi connectivity index (χ1v) is 14.1. The molecule has 2 aromatic carbocycles. The Bertz CT molecular complexity index is 1980. The lowest BCUT2D eigenvalue weighted by Gasteiger charge is -2.21. The van der Waals surface area contributed by atoms with Gasteiger partial charge in [-0.1, -0.05) is 44.2 Å². The van der Waals surface area contributed by atoms with Crippen molar-refractivity contribution < 1.29 is 32.3 Å². The topological polar surface area (TPSA) is 184 Å². The van der Waals surface area contributed by atoms with Gasteiger partial charge in [0.2, 0.25) is 23.5 Å². The van der Waals surface area contributed by atoms with Crippen LogP contribution in [0.1, 0.15) is 50.2 Å². The minimum absolute atomic E-state index is 0.0109. The third kappa shape index (κ3) is 6.38. The summed E-state index contributed by atoms with van der Waals surface area (Å²) in [6.07, 6.45) is 0.282. The molecule has 0 fully saturated rings. The van der Waals surface area contributed by atoms with E-state index in [1.54, 1.807) is 58.0 Å². The van der Waals surface area contributed by atoms with E-state index >= 15 is 0 Å². The van der Waals surface area contributed by atoms with E-state index in [1.165, 1.54) is 24.4 Å². The largest absolute Gasteiger partial charge is 0.453 e. The van der Waals surface area contributed by atoms with Crippen LogP contribution < -0.4 is 16.2 Å². The Morgan fingerprint density at radius 1 is 1.04 bits per heavy atom. The predicted octanol–water partition coefficient (Wildman–Crippen LogP) is 4.10. The van der Waals surface area contributed by atoms with E-state index in [-0.39, 0.29) is 34.8 Å². The maximum Gasteiger partial charge on any atom is 0.411 e. The number of hydrogen-bond donors (Lipinski definition) is 2. The quantitative estimate of drug-likeness (QED) is 0.212. The molecule has 0 radical (unpaired) electrons. The van der Waals surface area contributed by atoms with Crippen LogP contribution in [0.25, 0.3) is 22.5 Å². The Hall–Kier alpha value is -5.73. The van der Waals surface area contributed by atoms with Crippen LogP contribution in [-0.2, 0) is 21.5 Å². The van der Waals surface area contributed by atoms with Gasteiger partial charge in [-0.3, -0.25) is 24.3 Å². The average molecular weight is 632 g/mol. The van der Waals surface area contributed by atoms with Gasteiger partial charge in [-0.2, -0.15) is 0 Å². The van der Waals surface area contributed by atoms with E-state index in [9.17, 15) is 23.6 Å². The summed E-state index contributed by atoms with van der Waals surface area (Å²) in [6.45, 7) is 6.27. The van der Waals surface area contributed by atoms with Gasteiger partial charge >= 0.3 is 6.09 Å². The van der Waals surface area contributed by atoms with E-state index < -0.39 is 53.1 Å². The molecule has 3 heterocycles. The van der Waals surface area contributed by atoms with Crippen molar-refractivity contribution in [2.24, 2.45) is 5.92 Å². The molecule has 3 aromatic heterocycles. The second-order valence-electron chi connectivity index (χ2n) is 11.2. The number of halogens is 1. The van der Waals surface area contributed by atoms with Crippen molar-refractivity contribution in [2.75, 3.05) is 12.4 Å². The van der Waals surface area contributed by atoms with Crippen molar-refractivity contribution in [1.29, 1.82) is 0 Å². The van der Waals surface area contributed by atoms with Crippen molar-refractivity contribution in [2.45, 2.75) is 45.7 Å². The van der Waals surface area contributed by atoms with Crippen molar-refractivity contribution in [3.05, 3.63) is 88.6 Å². The Kier molecular flexibility index (Phi) is 8.76. The number of Topliss-reactive ketones (excluding diaryl/α,β-unsaturated/α-hetero) is 1. The Morgan fingerprint density at radius 3 is 2.48 bits per heavy atom. The molecule has 0 saturated heterocycles. The number of ether oxygens (including phenoxy) is 1. The lowest BCUT2D eigenvalue weighted by atomic mass is 9.93. The Balaban J connectivity index is 1.39. The van der Waals surface area contributed by atoms with Crippen LogP contribution in [-0.4, -0.2) is 55.7 Å². The minimum Gasteiger partial charge on any atom is -0.453 e. The fraction of sp³-hybridized carbons (Fsp3) is 0.290. The molecule has 5 rings (SSSR count). The number of benzene rings is 2. The normalized spacial score (nSPS) is 12.2. The average Bonchev–Trinajstić information content (AvgIpc) is 3.70. The number of hydrogen-bond acceptors (Lipinski definition) is 11. The standard InChI is InChI=1S/C31H30FN7O7/c1-16(2)23(24(41)26-37-38-29(46-26)31(3,4)28-34-19-12-11-18(32)13-21(19)45-28)36-22(40)15-39-25(17-9-7-6-8-10-17)33-14-20(27(39)42)35-30(43)44-5/h6-14,16,23H,15H2,1-5H3,(H,35,43)(H,36,40). The first-order chi connectivity index (χ1) is 21.9. The van der Waals surface area contributed by atoms with E-state index in [4.69, 9.17) is 8.83 Å². The molecule has 0 aliphatic carbocycles. The van der Waals surface area contributed by atoms with Gasteiger partial charge in [0.05, 0.1) is 19.3 Å². The van der Waals surface area contributed by atoms with Crippen LogP contribution in [0, 0.1) is 11.7 Å². The smallest absolute Gasteiger partial charge is 0.411 e. The van der Waals surface area contributed by atoms with Gasteiger partial charge < -0.3 is 18.9 Å². The summed E-state index contributed by atoms with van der Waals surface area (Å²) in [6, 6.07) is 11.5. The molecular formula is C31H30FN7O7. The van der Waals surface area contributed by atoms with E-state index in [1.807, 2.05) is 0 Å². The van der Waals surface area contributed by atoms with Gasteiger partial charge in [0, 0.05) is 11.6 Å². The van der Waals surface area contributed by atoms with Crippen molar-refractivity contribution in [1.82, 2.24) is 30.0 Å². The number of fused-ring (bicyclic) bond motifs is 1. The second kappa shape index (κ2) is 12.7. The molecule has 238 valence electrons. The van der Waals surface area contributed by atoms with Gasteiger partial charge in [-0.05, 0) is 31.9 Å². The number of rotatable bonds is 10. The molecule has 1 atom stereocenters. The number of amides is 2. The number of ketones is 1. The fourth-order valence-electron chi connectivity index (χ4n) is 4.57. The van der Waals surface area contributed by atoms with Crippen LogP contribution in [0.3, 0.4) is 0 Å². The molecule has 5 aromatic rings. The van der Waals surface area contributed by atoms with E-state index in [2.05, 4.69) is 35.5 Å². The molecular weight excluding hydrogens is 601 g/mol. The lowest BCUT2D eigenvalue weighted by Crippen LogP contribution is -2.46. The molecule has 46 heavy (non-hydrogen) atoms. The van der Waals surface area contributed by atoms with Crippen molar-refractivity contribution in [3.8, 4) is 11.4 Å². The summed E-state index contributed by atoms with van der Waals surface area (Å²) in [5.41, 5.74) is -0.813. The van der Waals surface area contributed by atoms with E-state index in [0.29, 0.717) is 11.1 Å². The monoisotopic (exact) mass is 631 g/mol. The van der Waals surface area contributed by atoms with Crippen molar-refractivity contribution in [3.63, 3.8) is 0 Å². The Morgan fingerprint density at radius 2 is 1.78 bits per heavy atom. The number of carbonyl (C=O) groups is 3. The maximum absolute atomic E-state index is 13.7. The highest BCUT2D eigenvalue weighted by molar-refractivity contribution is 5.98. The molecule has 2 amide bonds. The first kappa shape index (κ1) is 31.7. The molecule has 0 aliphatic heterocycles. The van der Waals surface area contributed by atoms with Gasteiger partial charge in [0.25, 0.3) is 11.4 Å². The summed E-state index contributed by atoms with van der Waals surface area (Å²) < 4.78 is 30.8. The minimum atomic E-state index is -1.11. The zero-order valence-corrected chi connectivity index (χ0v) is 25.5.